The third kappa shape index (κ3) is 2.22. The van der Waals surface area contributed by atoms with Gasteiger partial charge >= 0.3 is 0 Å². The van der Waals surface area contributed by atoms with Crippen LogP contribution in [0.3, 0.4) is 0 Å². The van der Waals surface area contributed by atoms with Gasteiger partial charge in [-0.05, 0) is 25.0 Å². The number of nitrogens with zero attached hydrogens (tertiary/aromatic N) is 1. The predicted octanol–water partition coefficient (Wildman–Crippen LogP) is 2.86. The summed E-state index contributed by atoms with van der Waals surface area (Å²) in [6, 6.07) is 9.86. The van der Waals surface area contributed by atoms with Crippen molar-refractivity contribution in [3.05, 3.63) is 29.3 Å². The Kier molecular flexibility index (Phi) is 3.32. The summed E-state index contributed by atoms with van der Waals surface area (Å²) in [6.45, 7) is 2.37. The molecule has 1 nitrogen and oxygen atoms in total. The van der Waals surface area contributed by atoms with Gasteiger partial charge in [0.15, 0.2) is 0 Å². The van der Waals surface area contributed by atoms with Crippen molar-refractivity contribution in [3.8, 4) is 0 Å². The van der Waals surface area contributed by atoms with E-state index in [1.54, 1.807) is 0 Å². The molecule has 0 fully saturated rings. The lowest BCUT2D eigenvalue weighted by molar-refractivity contribution is 0.906. The summed E-state index contributed by atoms with van der Waals surface area (Å²) >= 11 is 1.85. The lowest BCUT2D eigenvalue weighted by Gasteiger charge is -1.92. The Morgan fingerprint density at radius 3 is 3.00 bits per heavy atom. The molecule has 2 rings (SSSR count). The van der Waals surface area contributed by atoms with E-state index in [0.29, 0.717) is 0 Å². The van der Waals surface area contributed by atoms with Crippen molar-refractivity contribution in [1.82, 2.24) is 4.98 Å². The van der Waals surface area contributed by atoms with E-state index in [9.17, 15) is 0 Å². The summed E-state index contributed by atoms with van der Waals surface area (Å²) in [5.41, 5.74) is 1.17. The zero-order valence-corrected chi connectivity index (χ0v) is 10.7. The first-order valence-corrected chi connectivity index (χ1v) is 8.47. The second kappa shape index (κ2) is 4.71. The normalized spacial score (nSPS) is 11.8. The number of benzene rings is 1. The van der Waals surface area contributed by atoms with Crippen LogP contribution in [-0.4, -0.2) is 14.5 Å². The first-order valence-electron chi connectivity index (χ1n) is 5.24. The van der Waals surface area contributed by atoms with Crippen molar-refractivity contribution < 1.29 is 0 Å². The minimum atomic E-state index is 0.246. The summed E-state index contributed by atoms with van der Waals surface area (Å²) in [7, 11) is 0.246. The highest BCUT2D eigenvalue weighted by molar-refractivity contribution is 7.18. The molecule has 2 aromatic rings. The van der Waals surface area contributed by atoms with Crippen LogP contribution in [0.15, 0.2) is 24.3 Å². The number of rotatable bonds is 4. The molecule has 0 unspecified atom stereocenters. The lowest BCUT2D eigenvalue weighted by Crippen LogP contribution is -1.86. The molecule has 0 aliphatic heterocycles. The quantitative estimate of drug-likeness (QED) is 0.571. The van der Waals surface area contributed by atoms with E-state index >= 15 is 0 Å². The van der Waals surface area contributed by atoms with E-state index in [4.69, 9.17) is 0 Å². The molecule has 0 amide bonds. The molecule has 0 saturated heterocycles. The fourth-order valence-electron chi connectivity index (χ4n) is 1.55. The van der Waals surface area contributed by atoms with Gasteiger partial charge in [0, 0.05) is 9.52 Å². The number of para-hydroxylation sites is 1. The van der Waals surface area contributed by atoms with Gasteiger partial charge in [-0.15, -0.1) is 11.3 Å². The van der Waals surface area contributed by atoms with Gasteiger partial charge < -0.3 is 0 Å². The minimum Gasteiger partial charge on any atom is -0.241 e. The first-order chi connectivity index (χ1) is 6.90. The van der Waals surface area contributed by atoms with Crippen LogP contribution in [0.2, 0.25) is 12.6 Å². The number of hydrogen-bond acceptors (Lipinski definition) is 2. The highest BCUT2D eigenvalue weighted by Crippen LogP contribution is 2.22. The summed E-state index contributed by atoms with van der Waals surface area (Å²) < 4.78 is 1.33. The van der Waals surface area contributed by atoms with Crippen molar-refractivity contribution in [2.24, 2.45) is 0 Å². The van der Waals surface area contributed by atoms with Gasteiger partial charge in [0.2, 0.25) is 0 Å². The molecular formula is C11H15NSSi. The molecular weight excluding hydrogens is 206 g/mol. The number of fused-ring (bicyclic) bond motifs is 1. The maximum Gasteiger partial charge on any atom is 0.0938 e. The molecule has 0 radical (unpaired) electrons. The molecule has 74 valence electrons. The summed E-state index contributed by atoms with van der Waals surface area (Å²) in [5.74, 6) is 0. The molecule has 0 aliphatic rings. The number of aryl methyl sites for hydroxylation is 1. The summed E-state index contributed by atoms with van der Waals surface area (Å²) in [6.07, 6.45) is 2.52. The highest BCUT2D eigenvalue weighted by atomic mass is 32.1. The van der Waals surface area contributed by atoms with Gasteiger partial charge in [0.25, 0.3) is 0 Å². The molecule has 1 aromatic carbocycles. The van der Waals surface area contributed by atoms with Gasteiger partial charge in [0.05, 0.1) is 15.2 Å². The predicted molar refractivity (Wildman–Crippen MR) is 67.2 cm³/mol. The Morgan fingerprint density at radius 2 is 2.21 bits per heavy atom. The third-order valence-electron chi connectivity index (χ3n) is 2.33. The molecule has 3 heteroatoms. The first kappa shape index (κ1) is 9.87. The molecule has 0 bridgehead atoms. The maximum atomic E-state index is 4.62. The van der Waals surface area contributed by atoms with Crippen molar-refractivity contribution in [3.63, 3.8) is 0 Å². The molecule has 0 N–H and O–H groups in total. The number of hydrogen-bond donors (Lipinski definition) is 0. The van der Waals surface area contributed by atoms with Crippen LogP contribution in [0.25, 0.3) is 10.2 Å². The Bertz CT molecular complexity index is 377. The van der Waals surface area contributed by atoms with E-state index in [0.717, 1.165) is 0 Å². The van der Waals surface area contributed by atoms with Gasteiger partial charge in [-0.3, -0.25) is 0 Å². The van der Waals surface area contributed by atoms with Crippen LogP contribution in [0.4, 0.5) is 0 Å². The summed E-state index contributed by atoms with van der Waals surface area (Å²) in [5, 5.41) is 1.31. The van der Waals surface area contributed by atoms with E-state index < -0.39 is 0 Å². The van der Waals surface area contributed by atoms with Crippen molar-refractivity contribution in [2.75, 3.05) is 0 Å². The van der Waals surface area contributed by atoms with Gasteiger partial charge in [-0.2, -0.15) is 0 Å². The van der Waals surface area contributed by atoms with Crippen LogP contribution < -0.4 is 0 Å². The highest BCUT2D eigenvalue weighted by Gasteiger charge is 2.01. The fourth-order valence-corrected chi connectivity index (χ4v) is 3.31. The average molecular weight is 221 g/mol. The summed E-state index contributed by atoms with van der Waals surface area (Å²) in [4.78, 5) is 4.62. The Hall–Kier alpha value is -0.673. The maximum absolute atomic E-state index is 4.62. The standard InChI is InChI=1S/C11H15NSSi/c1-14-8-4-7-11-12-9-5-2-3-6-10(9)13-11/h2-3,5-6H,4,7-8,14H2,1H3. The molecule has 0 atom stereocenters. The largest absolute Gasteiger partial charge is 0.241 e. The van der Waals surface area contributed by atoms with Gasteiger partial charge in [0.1, 0.15) is 0 Å². The molecule has 1 aromatic heterocycles. The molecule has 0 saturated carbocycles. The topological polar surface area (TPSA) is 12.9 Å². The van der Waals surface area contributed by atoms with E-state index in [2.05, 4.69) is 35.8 Å². The molecule has 14 heavy (non-hydrogen) atoms. The van der Waals surface area contributed by atoms with E-state index in [1.807, 2.05) is 11.3 Å². The number of thiazole rings is 1. The van der Waals surface area contributed by atoms with E-state index in [1.165, 1.54) is 34.1 Å². The van der Waals surface area contributed by atoms with Crippen LogP contribution in [0, 0.1) is 0 Å². The van der Waals surface area contributed by atoms with Gasteiger partial charge in [-0.1, -0.05) is 24.7 Å². The molecule has 0 spiro atoms. The van der Waals surface area contributed by atoms with Crippen LogP contribution in [0.1, 0.15) is 11.4 Å². The smallest absolute Gasteiger partial charge is 0.0938 e. The average Bonchev–Trinajstić information content (AvgIpc) is 2.60. The van der Waals surface area contributed by atoms with Gasteiger partial charge in [-0.25, -0.2) is 4.98 Å². The third-order valence-corrected chi connectivity index (χ3v) is 4.64. The number of aromatic nitrogens is 1. The lowest BCUT2D eigenvalue weighted by atomic mass is 10.3. The Balaban J connectivity index is 2.11. The molecule has 1 heterocycles. The fraction of sp³-hybridized carbons (Fsp3) is 0.364. The zero-order chi connectivity index (χ0) is 9.80. The Labute approximate surface area is 91.0 Å². The SMILES string of the molecule is C[SiH2]CCCc1nc2ccccc2s1. The van der Waals surface area contributed by atoms with Crippen LogP contribution >= 0.6 is 11.3 Å². The van der Waals surface area contributed by atoms with E-state index in [-0.39, 0.29) is 9.52 Å². The van der Waals surface area contributed by atoms with Crippen LogP contribution in [-0.2, 0) is 6.42 Å². The zero-order valence-electron chi connectivity index (χ0n) is 8.49. The second-order valence-corrected chi connectivity index (χ2v) is 6.35. The van der Waals surface area contributed by atoms with Crippen molar-refractivity contribution >= 4 is 31.1 Å². The van der Waals surface area contributed by atoms with Crippen LogP contribution in [0.5, 0.6) is 0 Å². The monoisotopic (exact) mass is 221 g/mol. The Morgan fingerprint density at radius 1 is 1.36 bits per heavy atom. The van der Waals surface area contributed by atoms with Crippen molar-refractivity contribution in [1.29, 1.82) is 0 Å². The second-order valence-electron chi connectivity index (χ2n) is 3.53. The molecule has 0 aliphatic carbocycles. The van der Waals surface area contributed by atoms with Crippen molar-refractivity contribution in [2.45, 2.75) is 25.4 Å². The minimum absolute atomic E-state index is 0.246.